The molecular weight excluding hydrogens is 326 g/mol. The Morgan fingerprint density at radius 2 is 2.30 bits per heavy atom. The van der Waals surface area contributed by atoms with E-state index in [0.29, 0.717) is 10.2 Å². The summed E-state index contributed by atoms with van der Waals surface area (Å²) in [6.45, 7) is 2.43. The highest BCUT2D eigenvalue weighted by molar-refractivity contribution is 9.10. The zero-order chi connectivity index (χ0) is 14.7. The van der Waals surface area contributed by atoms with Gasteiger partial charge < -0.3 is 14.9 Å². The van der Waals surface area contributed by atoms with Crippen molar-refractivity contribution in [2.24, 2.45) is 5.92 Å². The highest BCUT2D eigenvalue weighted by atomic mass is 79.9. The predicted octanol–water partition coefficient (Wildman–Crippen LogP) is 2.46. The van der Waals surface area contributed by atoms with E-state index in [4.69, 9.17) is 9.84 Å². The number of halogens is 1. The molecule has 0 amide bonds. The second-order valence-corrected chi connectivity index (χ2v) is 5.97. The van der Waals surface area contributed by atoms with Gasteiger partial charge in [-0.15, -0.1) is 0 Å². The lowest BCUT2D eigenvalue weighted by molar-refractivity contribution is -0.138. The van der Waals surface area contributed by atoms with Crippen molar-refractivity contribution in [3.05, 3.63) is 22.2 Å². The van der Waals surface area contributed by atoms with Gasteiger partial charge in [0.25, 0.3) is 0 Å². The fourth-order valence-electron chi connectivity index (χ4n) is 2.60. The Morgan fingerprint density at radius 3 is 2.95 bits per heavy atom. The molecule has 2 N–H and O–H groups in total. The first-order chi connectivity index (χ1) is 9.49. The maximum Gasteiger partial charge on any atom is 0.303 e. The van der Waals surface area contributed by atoms with Crippen LogP contribution in [0.2, 0.25) is 0 Å². The number of ether oxygens (including phenoxy) is 1. The summed E-state index contributed by atoms with van der Waals surface area (Å²) < 4.78 is 5.73. The van der Waals surface area contributed by atoms with E-state index in [1.165, 1.54) is 7.11 Å². The zero-order valence-electron chi connectivity index (χ0n) is 11.3. The standard InChI is InChI=1S/C14H18BrNO4/c1-20-12-5-10(4-11(15)14(12)19)8-16-3-2-9(7-16)6-13(17)18/h4-5,9,19H,2-3,6-8H2,1H3,(H,17,18). The molecule has 1 aromatic carbocycles. The third-order valence-corrected chi connectivity index (χ3v) is 4.15. The van der Waals surface area contributed by atoms with E-state index in [1.54, 1.807) is 0 Å². The van der Waals surface area contributed by atoms with Crippen LogP contribution >= 0.6 is 15.9 Å². The number of methoxy groups -OCH3 is 1. The molecule has 0 radical (unpaired) electrons. The number of carboxylic acid groups (broad SMARTS) is 1. The normalized spacial score (nSPS) is 19.2. The molecule has 2 rings (SSSR count). The number of aliphatic carboxylic acids is 1. The van der Waals surface area contributed by atoms with E-state index in [0.717, 1.165) is 31.6 Å². The van der Waals surface area contributed by atoms with E-state index >= 15 is 0 Å². The number of hydrogen-bond donors (Lipinski definition) is 2. The molecule has 20 heavy (non-hydrogen) atoms. The van der Waals surface area contributed by atoms with Crippen LogP contribution in [0.5, 0.6) is 11.5 Å². The third-order valence-electron chi connectivity index (χ3n) is 3.55. The summed E-state index contributed by atoms with van der Waals surface area (Å²) in [5, 5.41) is 18.6. The molecule has 110 valence electrons. The summed E-state index contributed by atoms with van der Waals surface area (Å²) in [5.41, 5.74) is 1.03. The minimum absolute atomic E-state index is 0.0985. The number of rotatable bonds is 5. The van der Waals surface area contributed by atoms with Crippen molar-refractivity contribution in [2.75, 3.05) is 20.2 Å². The largest absolute Gasteiger partial charge is 0.503 e. The number of hydrogen-bond acceptors (Lipinski definition) is 4. The number of aromatic hydroxyl groups is 1. The lowest BCUT2D eigenvalue weighted by Gasteiger charge is -2.17. The molecule has 0 spiro atoms. The SMILES string of the molecule is COc1cc(CN2CCC(CC(=O)O)C2)cc(Br)c1O. The molecule has 1 unspecified atom stereocenters. The summed E-state index contributed by atoms with van der Waals surface area (Å²) >= 11 is 3.31. The summed E-state index contributed by atoms with van der Waals surface area (Å²) in [5.74, 6) is 0.0398. The number of likely N-dealkylation sites (tertiary alicyclic amines) is 1. The molecule has 6 heteroatoms. The molecule has 0 bridgehead atoms. The van der Waals surface area contributed by atoms with Gasteiger partial charge >= 0.3 is 5.97 Å². The number of phenolic OH excluding ortho intramolecular Hbond substituents is 1. The van der Waals surface area contributed by atoms with Gasteiger partial charge in [0, 0.05) is 19.5 Å². The fourth-order valence-corrected chi connectivity index (χ4v) is 3.09. The fraction of sp³-hybridized carbons (Fsp3) is 0.500. The Hall–Kier alpha value is -1.27. The monoisotopic (exact) mass is 343 g/mol. The lowest BCUT2D eigenvalue weighted by atomic mass is 10.1. The third kappa shape index (κ3) is 3.64. The van der Waals surface area contributed by atoms with Gasteiger partial charge in [-0.1, -0.05) is 0 Å². The van der Waals surface area contributed by atoms with Gasteiger partial charge in [-0.05, 0) is 52.5 Å². The van der Waals surface area contributed by atoms with Crippen LogP contribution in [0.3, 0.4) is 0 Å². The minimum atomic E-state index is -0.731. The van der Waals surface area contributed by atoms with E-state index in [-0.39, 0.29) is 18.1 Å². The van der Waals surface area contributed by atoms with Crippen LogP contribution in [-0.4, -0.2) is 41.3 Å². The van der Waals surface area contributed by atoms with Gasteiger partial charge in [0.15, 0.2) is 11.5 Å². The van der Waals surface area contributed by atoms with E-state index in [2.05, 4.69) is 20.8 Å². The predicted molar refractivity (Wildman–Crippen MR) is 78.0 cm³/mol. The van der Waals surface area contributed by atoms with Crippen molar-refractivity contribution in [2.45, 2.75) is 19.4 Å². The molecule has 5 nitrogen and oxygen atoms in total. The lowest BCUT2D eigenvalue weighted by Crippen LogP contribution is -2.20. The Bertz CT molecular complexity index is 506. The van der Waals surface area contributed by atoms with Crippen LogP contribution in [0.25, 0.3) is 0 Å². The average Bonchev–Trinajstić information content (AvgIpc) is 2.80. The van der Waals surface area contributed by atoms with Crippen LogP contribution in [0.4, 0.5) is 0 Å². The van der Waals surface area contributed by atoms with Crippen molar-refractivity contribution in [1.82, 2.24) is 4.90 Å². The van der Waals surface area contributed by atoms with Crippen molar-refractivity contribution < 1.29 is 19.7 Å². The Balaban J connectivity index is 2.01. The van der Waals surface area contributed by atoms with E-state index in [1.807, 2.05) is 12.1 Å². The summed E-state index contributed by atoms with van der Waals surface area (Å²) in [4.78, 5) is 12.9. The van der Waals surface area contributed by atoms with Crippen molar-refractivity contribution in [3.8, 4) is 11.5 Å². The quantitative estimate of drug-likeness (QED) is 0.859. The number of nitrogens with zero attached hydrogens (tertiary/aromatic N) is 1. The molecule has 1 aliphatic heterocycles. The first kappa shape index (κ1) is 15.1. The molecule has 0 aromatic heterocycles. The average molecular weight is 344 g/mol. The second kappa shape index (κ2) is 6.45. The van der Waals surface area contributed by atoms with Gasteiger partial charge in [0.05, 0.1) is 11.6 Å². The zero-order valence-corrected chi connectivity index (χ0v) is 12.9. The van der Waals surface area contributed by atoms with Crippen LogP contribution in [0, 0.1) is 5.92 Å². The van der Waals surface area contributed by atoms with Crippen molar-refractivity contribution >= 4 is 21.9 Å². The highest BCUT2D eigenvalue weighted by Gasteiger charge is 2.24. The smallest absolute Gasteiger partial charge is 0.303 e. The molecule has 1 heterocycles. The molecule has 1 atom stereocenters. The molecule has 1 aromatic rings. The molecule has 1 saturated heterocycles. The highest BCUT2D eigenvalue weighted by Crippen LogP contribution is 2.35. The van der Waals surface area contributed by atoms with Crippen LogP contribution in [0.1, 0.15) is 18.4 Å². The van der Waals surface area contributed by atoms with Crippen LogP contribution < -0.4 is 4.74 Å². The molecule has 0 aliphatic carbocycles. The Morgan fingerprint density at radius 1 is 1.55 bits per heavy atom. The number of carbonyl (C=O) groups is 1. The Kier molecular flexibility index (Phi) is 4.88. The number of phenols is 1. The maximum absolute atomic E-state index is 10.7. The summed E-state index contributed by atoms with van der Waals surface area (Å²) in [6, 6.07) is 3.67. The van der Waals surface area contributed by atoms with Gasteiger partial charge in [-0.25, -0.2) is 0 Å². The molecule has 1 aliphatic rings. The van der Waals surface area contributed by atoms with Gasteiger partial charge in [-0.2, -0.15) is 0 Å². The second-order valence-electron chi connectivity index (χ2n) is 5.12. The van der Waals surface area contributed by atoms with E-state index < -0.39 is 5.97 Å². The van der Waals surface area contributed by atoms with E-state index in [9.17, 15) is 9.90 Å². The molecule has 0 saturated carbocycles. The number of carboxylic acids is 1. The minimum Gasteiger partial charge on any atom is -0.503 e. The molecular formula is C14H18BrNO4. The van der Waals surface area contributed by atoms with Crippen molar-refractivity contribution in [1.29, 1.82) is 0 Å². The molecule has 1 fully saturated rings. The van der Waals surface area contributed by atoms with Crippen LogP contribution in [0.15, 0.2) is 16.6 Å². The Labute approximate surface area is 126 Å². The van der Waals surface area contributed by atoms with Crippen LogP contribution in [-0.2, 0) is 11.3 Å². The van der Waals surface area contributed by atoms with Gasteiger partial charge in [0.1, 0.15) is 0 Å². The summed E-state index contributed by atoms with van der Waals surface area (Å²) in [6.07, 6.45) is 1.15. The van der Waals surface area contributed by atoms with Gasteiger partial charge in [0.2, 0.25) is 0 Å². The topological polar surface area (TPSA) is 70.0 Å². The van der Waals surface area contributed by atoms with Gasteiger partial charge in [-0.3, -0.25) is 9.69 Å². The number of benzene rings is 1. The maximum atomic E-state index is 10.7. The summed E-state index contributed by atoms with van der Waals surface area (Å²) in [7, 11) is 1.52. The van der Waals surface area contributed by atoms with Crippen molar-refractivity contribution in [3.63, 3.8) is 0 Å². The first-order valence-corrected chi connectivity index (χ1v) is 7.28. The first-order valence-electron chi connectivity index (χ1n) is 6.49.